The van der Waals surface area contributed by atoms with Crippen LogP contribution in [0.4, 0.5) is 11.4 Å². The third-order valence-corrected chi connectivity index (χ3v) is 6.50. The highest BCUT2D eigenvalue weighted by Crippen LogP contribution is 2.23. The van der Waals surface area contributed by atoms with Gasteiger partial charge in [-0.25, -0.2) is 0 Å². The van der Waals surface area contributed by atoms with E-state index in [1.807, 2.05) is 0 Å². The molecule has 0 bridgehead atoms. The molecule has 9 nitrogen and oxygen atoms in total. The van der Waals surface area contributed by atoms with Crippen molar-refractivity contribution in [2.24, 2.45) is 5.92 Å². The van der Waals surface area contributed by atoms with Gasteiger partial charge < -0.3 is 20.3 Å². The fourth-order valence-corrected chi connectivity index (χ4v) is 4.38. The zero-order chi connectivity index (χ0) is 24.1. The molecule has 1 saturated heterocycles. The summed E-state index contributed by atoms with van der Waals surface area (Å²) in [6, 6.07) is 13.7. The number of halogens is 1. The Morgan fingerprint density at radius 3 is 2.35 bits per heavy atom. The molecule has 1 aliphatic heterocycles. The van der Waals surface area contributed by atoms with Crippen molar-refractivity contribution in [2.45, 2.75) is 12.8 Å². The molecule has 0 aliphatic carbocycles. The van der Waals surface area contributed by atoms with E-state index in [1.165, 1.54) is 0 Å². The monoisotopic (exact) mass is 499 g/mol. The molecule has 1 aromatic heterocycles. The number of hydrogen-bond donors (Lipinski definition) is 2. The number of benzene rings is 2. The van der Waals surface area contributed by atoms with Crippen molar-refractivity contribution in [1.29, 1.82) is 0 Å². The number of nitrogens with one attached hydrogen (secondary N) is 2. The Morgan fingerprint density at radius 1 is 1.00 bits per heavy atom. The third-order valence-electron chi connectivity index (χ3n) is 5.34. The van der Waals surface area contributed by atoms with E-state index in [0.717, 1.165) is 11.3 Å². The maximum Gasteiger partial charge on any atom is 0.286 e. The van der Waals surface area contributed by atoms with Gasteiger partial charge in [0.05, 0.1) is 13.0 Å². The Labute approximate surface area is 205 Å². The maximum absolute atomic E-state index is 13.0. The van der Waals surface area contributed by atoms with Crippen LogP contribution >= 0.6 is 22.9 Å². The van der Waals surface area contributed by atoms with E-state index in [-0.39, 0.29) is 34.3 Å². The highest BCUT2D eigenvalue weighted by molar-refractivity contribution is 7.15. The number of anilines is 2. The molecule has 2 aromatic carbocycles. The van der Waals surface area contributed by atoms with Gasteiger partial charge in [-0.2, -0.15) is 0 Å². The minimum Gasteiger partial charge on any atom is -0.497 e. The minimum atomic E-state index is -0.464. The lowest BCUT2D eigenvalue weighted by Crippen LogP contribution is -2.43. The Bertz CT molecular complexity index is 1180. The summed E-state index contributed by atoms with van der Waals surface area (Å²) in [6.07, 6.45) is 1.37. The number of hydrogen-bond acceptors (Lipinski definition) is 7. The molecule has 2 N–H and O–H groups in total. The van der Waals surface area contributed by atoms with Crippen LogP contribution in [0.1, 0.15) is 32.4 Å². The molecule has 3 amide bonds. The molecule has 176 valence electrons. The van der Waals surface area contributed by atoms with Crippen LogP contribution in [0.3, 0.4) is 0 Å². The SMILES string of the molecule is COc1ccc(NC(=O)C2CCCN(C(=O)c3nnc(C(=O)Nc4ccc(Cl)cc4)s3)C2)cc1. The number of likely N-dealkylation sites (tertiary alicyclic amines) is 1. The Kier molecular flexibility index (Phi) is 7.39. The molecule has 0 spiro atoms. The summed E-state index contributed by atoms with van der Waals surface area (Å²) in [5.74, 6) is -0.603. The molecular formula is C23H22ClN5O4S. The van der Waals surface area contributed by atoms with Gasteiger partial charge in [0.25, 0.3) is 11.8 Å². The first kappa shape index (κ1) is 23.7. The van der Waals surface area contributed by atoms with Crippen molar-refractivity contribution >= 4 is 52.0 Å². The second-order valence-electron chi connectivity index (χ2n) is 7.68. The topological polar surface area (TPSA) is 114 Å². The van der Waals surface area contributed by atoms with E-state index < -0.39 is 5.91 Å². The van der Waals surface area contributed by atoms with Gasteiger partial charge in [-0.05, 0) is 61.4 Å². The Balaban J connectivity index is 1.36. The lowest BCUT2D eigenvalue weighted by molar-refractivity contribution is -0.121. The first-order valence-corrected chi connectivity index (χ1v) is 11.8. The molecule has 0 saturated carbocycles. The summed E-state index contributed by atoms with van der Waals surface area (Å²) < 4.78 is 5.13. The highest BCUT2D eigenvalue weighted by Gasteiger charge is 2.31. The summed E-state index contributed by atoms with van der Waals surface area (Å²) in [5, 5.41) is 14.1. The van der Waals surface area contributed by atoms with Crippen LogP contribution in [0.25, 0.3) is 0 Å². The van der Waals surface area contributed by atoms with Crippen molar-refractivity contribution in [1.82, 2.24) is 15.1 Å². The second-order valence-corrected chi connectivity index (χ2v) is 9.10. The lowest BCUT2D eigenvalue weighted by atomic mass is 9.97. The van der Waals surface area contributed by atoms with Crippen LogP contribution in [0, 0.1) is 5.92 Å². The first-order chi connectivity index (χ1) is 16.4. The fourth-order valence-electron chi connectivity index (χ4n) is 3.55. The van der Waals surface area contributed by atoms with Crippen LogP contribution in [0.2, 0.25) is 5.02 Å². The Morgan fingerprint density at radius 2 is 1.65 bits per heavy atom. The molecule has 3 aromatic rings. The largest absolute Gasteiger partial charge is 0.497 e. The quantitative estimate of drug-likeness (QED) is 0.531. The van der Waals surface area contributed by atoms with Gasteiger partial charge in [0.15, 0.2) is 0 Å². The summed E-state index contributed by atoms with van der Waals surface area (Å²) in [4.78, 5) is 39.7. The average molecular weight is 500 g/mol. The van der Waals surface area contributed by atoms with Gasteiger partial charge in [0.2, 0.25) is 15.9 Å². The van der Waals surface area contributed by atoms with Crippen molar-refractivity contribution < 1.29 is 19.1 Å². The molecular weight excluding hydrogens is 478 g/mol. The number of aromatic nitrogens is 2. The normalized spacial score (nSPS) is 15.5. The van der Waals surface area contributed by atoms with Crippen molar-refractivity contribution in [3.05, 3.63) is 63.6 Å². The predicted octanol–water partition coefficient (Wildman–Crippen LogP) is 3.94. The number of rotatable bonds is 6. The molecule has 1 atom stereocenters. The van der Waals surface area contributed by atoms with Gasteiger partial charge in [-0.15, -0.1) is 10.2 Å². The zero-order valence-corrected chi connectivity index (χ0v) is 19.9. The standard InChI is InChI=1S/C23H22ClN5O4S/c1-33-18-10-8-17(9-11-18)25-19(30)14-3-2-12-29(13-14)23(32)22-28-27-21(34-22)20(31)26-16-6-4-15(24)5-7-16/h4-11,14H,2-3,12-13H2,1H3,(H,25,30)(H,26,31). The number of carbonyl (C=O) groups is 3. The van der Waals surface area contributed by atoms with Gasteiger partial charge in [0.1, 0.15) is 5.75 Å². The molecule has 11 heteroatoms. The summed E-state index contributed by atoms with van der Waals surface area (Å²) in [6.45, 7) is 0.781. The third kappa shape index (κ3) is 5.70. The molecule has 2 heterocycles. The van der Waals surface area contributed by atoms with E-state index >= 15 is 0 Å². The summed E-state index contributed by atoms with van der Waals surface area (Å²) in [7, 11) is 1.58. The van der Waals surface area contributed by atoms with Gasteiger partial charge >= 0.3 is 0 Å². The van der Waals surface area contributed by atoms with E-state index in [4.69, 9.17) is 16.3 Å². The zero-order valence-electron chi connectivity index (χ0n) is 18.3. The van der Waals surface area contributed by atoms with Crippen molar-refractivity contribution in [2.75, 3.05) is 30.8 Å². The number of piperidine rings is 1. The maximum atomic E-state index is 13.0. The van der Waals surface area contributed by atoms with Crippen LogP contribution in [-0.4, -0.2) is 53.0 Å². The van der Waals surface area contributed by atoms with E-state index in [1.54, 1.807) is 60.5 Å². The van der Waals surface area contributed by atoms with Gasteiger partial charge in [-0.1, -0.05) is 22.9 Å². The highest BCUT2D eigenvalue weighted by atomic mass is 35.5. The number of carbonyl (C=O) groups excluding carboxylic acids is 3. The van der Waals surface area contributed by atoms with Gasteiger partial charge in [0, 0.05) is 29.5 Å². The number of ether oxygens (including phenoxy) is 1. The summed E-state index contributed by atoms with van der Waals surface area (Å²) >= 11 is 6.77. The predicted molar refractivity (Wildman–Crippen MR) is 130 cm³/mol. The van der Waals surface area contributed by atoms with E-state index in [9.17, 15) is 14.4 Å². The van der Waals surface area contributed by atoms with Gasteiger partial charge in [-0.3, -0.25) is 14.4 Å². The van der Waals surface area contributed by atoms with Crippen molar-refractivity contribution in [3.8, 4) is 5.75 Å². The molecule has 4 rings (SSSR count). The summed E-state index contributed by atoms with van der Waals surface area (Å²) in [5.41, 5.74) is 1.22. The minimum absolute atomic E-state index is 0.0732. The molecule has 34 heavy (non-hydrogen) atoms. The van der Waals surface area contributed by atoms with E-state index in [0.29, 0.717) is 41.5 Å². The fraction of sp³-hybridized carbons (Fsp3) is 0.261. The smallest absolute Gasteiger partial charge is 0.286 e. The van der Waals surface area contributed by atoms with Crippen LogP contribution in [0.5, 0.6) is 5.75 Å². The Hall–Kier alpha value is -3.50. The van der Waals surface area contributed by atoms with E-state index in [2.05, 4.69) is 20.8 Å². The van der Waals surface area contributed by atoms with Crippen LogP contribution in [0.15, 0.2) is 48.5 Å². The van der Waals surface area contributed by atoms with Crippen molar-refractivity contribution in [3.63, 3.8) is 0 Å². The van der Waals surface area contributed by atoms with Crippen LogP contribution in [-0.2, 0) is 4.79 Å². The molecule has 1 fully saturated rings. The average Bonchev–Trinajstić information content (AvgIpc) is 3.36. The number of methoxy groups -OCH3 is 1. The first-order valence-electron chi connectivity index (χ1n) is 10.6. The van der Waals surface area contributed by atoms with Crippen LogP contribution < -0.4 is 15.4 Å². The number of amides is 3. The molecule has 1 aliphatic rings. The molecule has 0 radical (unpaired) electrons. The number of nitrogens with zero attached hydrogens (tertiary/aromatic N) is 3. The lowest BCUT2D eigenvalue weighted by Gasteiger charge is -2.31. The second kappa shape index (κ2) is 10.6. The molecule has 1 unspecified atom stereocenters.